The van der Waals surface area contributed by atoms with Crippen molar-refractivity contribution < 1.29 is 0 Å². The molecule has 0 spiro atoms. The molecule has 0 bridgehead atoms. The Morgan fingerprint density at radius 3 is 2.67 bits per heavy atom. The second-order valence-corrected chi connectivity index (χ2v) is 5.35. The Kier molecular flexibility index (Phi) is 3.45. The monoisotopic (exact) mass is 252 g/mol. The Morgan fingerprint density at radius 2 is 2.11 bits per heavy atom. The minimum absolute atomic E-state index is 0.234. The second-order valence-electron chi connectivity index (χ2n) is 5.35. The average molecular weight is 252 g/mol. The smallest absolute Gasteiger partial charge is 0.330 e. The Morgan fingerprint density at radius 1 is 1.44 bits per heavy atom. The second kappa shape index (κ2) is 4.88. The predicted octanol–water partition coefficient (Wildman–Crippen LogP) is 0.597. The van der Waals surface area contributed by atoms with Crippen molar-refractivity contribution in [3.05, 3.63) is 20.8 Å². The molecular weight excluding hydrogens is 232 g/mol. The maximum atomic E-state index is 11.7. The molecule has 4 N–H and O–H groups in total. The van der Waals surface area contributed by atoms with Crippen molar-refractivity contribution >= 4 is 11.5 Å². The average Bonchev–Trinajstić information content (AvgIpc) is 3.07. The molecule has 100 valence electrons. The molecule has 1 saturated carbocycles. The SMILES string of the molecule is CC(C)Cn1c(N)c(NCC2CC2)c(=O)[nH]c1=O. The summed E-state index contributed by atoms with van der Waals surface area (Å²) in [6.07, 6.45) is 2.38. The Bertz CT molecular complexity index is 540. The van der Waals surface area contributed by atoms with E-state index in [2.05, 4.69) is 10.3 Å². The highest BCUT2D eigenvalue weighted by atomic mass is 16.2. The third-order valence-corrected chi connectivity index (χ3v) is 3.05. The van der Waals surface area contributed by atoms with E-state index in [-0.39, 0.29) is 11.7 Å². The first-order chi connectivity index (χ1) is 8.49. The van der Waals surface area contributed by atoms with Crippen LogP contribution in [-0.2, 0) is 6.54 Å². The number of hydrogen-bond acceptors (Lipinski definition) is 4. The lowest BCUT2D eigenvalue weighted by atomic mass is 10.2. The van der Waals surface area contributed by atoms with E-state index in [9.17, 15) is 9.59 Å². The van der Waals surface area contributed by atoms with E-state index >= 15 is 0 Å². The molecule has 18 heavy (non-hydrogen) atoms. The third-order valence-electron chi connectivity index (χ3n) is 3.05. The zero-order chi connectivity index (χ0) is 13.3. The third kappa shape index (κ3) is 2.75. The van der Waals surface area contributed by atoms with Crippen LogP contribution in [0.1, 0.15) is 26.7 Å². The highest BCUT2D eigenvalue weighted by Crippen LogP contribution is 2.29. The number of nitrogens with one attached hydrogen (secondary N) is 2. The summed E-state index contributed by atoms with van der Waals surface area (Å²) in [5.41, 5.74) is 5.37. The minimum atomic E-state index is -0.442. The van der Waals surface area contributed by atoms with Crippen molar-refractivity contribution in [3.8, 4) is 0 Å². The lowest BCUT2D eigenvalue weighted by Gasteiger charge is -2.15. The minimum Gasteiger partial charge on any atom is -0.383 e. The first kappa shape index (κ1) is 12.7. The number of anilines is 2. The van der Waals surface area contributed by atoms with Crippen LogP contribution in [0.4, 0.5) is 11.5 Å². The van der Waals surface area contributed by atoms with E-state index < -0.39 is 11.2 Å². The predicted molar refractivity (Wildman–Crippen MR) is 71.8 cm³/mol. The molecule has 0 saturated heterocycles. The van der Waals surface area contributed by atoms with Gasteiger partial charge < -0.3 is 11.1 Å². The fraction of sp³-hybridized carbons (Fsp3) is 0.667. The fourth-order valence-corrected chi connectivity index (χ4v) is 1.87. The number of aromatic amines is 1. The molecule has 2 rings (SSSR count). The van der Waals surface area contributed by atoms with Crippen LogP contribution in [0.15, 0.2) is 9.59 Å². The summed E-state index contributed by atoms with van der Waals surface area (Å²) in [6.45, 7) is 5.23. The molecule has 1 aliphatic rings. The van der Waals surface area contributed by atoms with E-state index in [1.807, 2.05) is 13.8 Å². The maximum absolute atomic E-state index is 11.7. The van der Waals surface area contributed by atoms with Crippen molar-refractivity contribution in [2.45, 2.75) is 33.2 Å². The lowest BCUT2D eigenvalue weighted by molar-refractivity contribution is 0.508. The van der Waals surface area contributed by atoms with Crippen LogP contribution >= 0.6 is 0 Å². The molecule has 0 aliphatic heterocycles. The first-order valence-corrected chi connectivity index (χ1v) is 6.35. The van der Waals surface area contributed by atoms with E-state index in [1.54, 1.807) is 0 Å². The van der Waals surface area contributed by atoms with Gasteiger partial charge in [-0.25, -0.2) is 4.79 Å². The van der Waals surface area contributed by atoms with Crippen LogP contribution in [0.2, 0.25) is 0 Å². The van der Waals surface area contributed by atoms with Crippen LogP contribution in [0, 0.1) is 11.8 Å². The fourth-order valence-electron chi connectivity index (χ4n) is 1.87. The van der Waals surface area contributed by atoms with E-state index in [4.69, 9.17) is 5.73 Å². The van der Waals surface area contributed by atoms with Crippen molar-refractivity contribution in [1.29, 1.82) is 0 Å². The van der Waals surface area contributed by atoms with Crippen molar-refractivity contribution in [2.24, 2.45) is 11.8 Å². The van der Waals surface area contributed by atoms with Crippen LogP contribution in [0.3, 0.4) is 0 Å². The summed E-state index contributed by atoms with van der Waals surface area (Å²) in [5, 5.41) is 3.06. The molecule has 0 aromatic carbocycles. The zero-order valence-corrected chi connectivity index (χ0v) is 10.8. The van der Waals surface area contributed by atoms with Crippen molar-refractivity contribution in [1.82, 2.24) is 9.55 Å². The maximum Gasteiger partial charge on any atom is 0.330 e. The number of hydrogen-bond donors (Lipinski definition) is 3. The van der Waals surface area contributed by atoms with Crippen molar-refractivity contribution in [3.63, 3.8) is 0 Å². The first-order valence-electron chi connectivity index (χ1n) is 6.35. The van der Waals surface area contributed by atoms with Gasteiger partial charge in [0.1, 0.15) is 11.5 Å². The molecule has 0 atom stereocenters. The van der Waals surface area contributed by atoms with Gasteiger partial charge in [0, 0.05) is 13.1 Å². The largest absolute Gasteiger partial charge is 0.383 e. The number of rotatable bonds is 5. The van der Waals surface area contributed by atoms with Crippen LogP contribution in [0.25, 0.3) is 0 Å². The summed E-state index contributed by atoms with van der Waals surface area (Å²) >= 11 is 0. The molecular formula is C12H20N4O2. The molecule has 1 aromatic heterocycles. The van der Waals surface area contributed by atoms with E-state index in [0.29, 0.717) is 18.2 Å². The molecule has 0 amide bonds. The normalized spacial score (nSPS) is 15.1. The summed E-state index contributed by atoms with van der Waals surface area (Å²) in [5.74, 6) is 1.15. The number of nitrogens with zero attached hydrogens (tertiary/aromatic N) is 1. The highest BCUT2D eigenvalue weighted by molar-refractivity contribution is 5.60. The van der Waals surface area contributed by atoms with Gasteiger partial charge in [-0.3, -0.25) is 14.3 Å². The quantitative estimate of drug-likeness (QED) is 0.715. The zero-order valence-electron chi connectivity index (χ0n) is 10.8. The number of H-pyrrole nitrogens is 1. The van der Waals surface area contributed by atoms with Gasteiger partial charge in [0.25, 0.3) is 5.56 Å². The number of nitrogens with two attached hydrogens (primary N) is 1. The molecule has 1 fully saturated rings. The summed E-state index contributed by atoms with van der Waals surface area (Å²) in [6, 6.07) is 0. The standard InChI is InChI=1S/C12H20N4O2/c1-7(2)6-16-10(13)9(11(17)15-12(16)18)14-5-8-3-4-8/h7-8,14H,3-6,13H2,1-2H3,(H,15,17,18). The van der Waals surface area contributed by atoms with Gasteiger partial charge in [-0.2, -0.15) is 0 Å². The van der Waals surface area contributed by atoms with Gasteiger partial charge >= 0.3 is 5.69 Å². The molecule has 0 unspecified atom stereocenters. The Hall–Kier alpha value is -1.72. The van der Waals surface area contributed by atoms with Gasteiger partial charge in [0.2, 0.25) is 0 Å². The highest BCUT2D eigenvalue weighted by Gasteiger charge is 2.22. The van der Waals surface area contributed by atoms with E-state index in [0.717, 1.165) is 6.54 Å². The number of aromatic nitrogens is 2. The Labute approximate surface area is 105 Å². The summed E-state index contributed by atoms with van der Waals surface area (Å²) in [4.78, 5) is 25.7. The summed E-state index contributed by atoms with van der Waals surface area (Å²) < 4.78 is 1.42. The molecule has 6 nitrogen and oxygen atoms in total. The molecule has 1 aromatic rings. The molecule has 1 heterocycles. The molecule has 6 heteroatoms. The Balaban J connectivity index is 2.31. The van der Waals surface area contributed by atoms with Gasteiger partial charge in [-0.05, 0) is 24.7 Å². The van der Waals surface area contributed by atoms with Gasteiger partial charge in [-0.1, -0.05) is 13.8 Å². The molecule has 1 aliphatic carbocycles. The molecule has 0 radical (unpaired) electrons. The van der Waals surface area contributed by atoms with Gasteiger partial charge in [-0.15, -0.1) is 0 Å². The van der Waals surface area contributed by atoms with Gasteiger partial charge in [0.15, 0.2) is 0 Å². The van der Waals surface area contributed by atoms with Crippen molar-refractivity contribution in [2.75, 3.05) is 17.6 Å². The van der Waals surface area contributed by atoms with Crippen LogP contribution < -0.4 is 22.3 Å². The van der Waals surface area contributed by atoms with Crippen LogP contribution in [0.5, 0.6) is 0 Å². The number of nitrogen functional groups attached to an aromatic ring is 1. The van der Waals surface area contributed by atoms with E-state index in [1.165, 1.54) is 17.4 Å². The summed E-state index contributed by atoms with van der Waals surface area (Å²) in [7, 11) is 0. The van der Waals surface area contributed by atoms with Crippen LogP contribution in [-0.4, -0.2) is 16.1 Å². The lowest BCUT2D eigenvalue weighted by Crippen LogP contribution is -2.35. The van der Waals surface area contributed by atoms with Gasteiger partial charge in [0.05, 0.1) is 0 Å². The topological polar surface area (TPSA) is 92.9 Å².